The second kappa shape index (κ2) is 11.8. The van der Waals surface area contributed by atoms with Crippen LogP contribution in [0.1, 0.15) is 131 Å². The number of allylic oxidation sites excluding steroid dienone is 4. The molecule has 0 aromatic heterocycles. The SMILES string of the molecule is CCC[CH2][Pd-3]([Cl])([Cl])([PH](C(C)(C)C)(C(C)(C)C)C1(C)C=CC(C)=CC1N)[PH](C(C)(C)C)(C(C)(C)C)C1(C)C=CC(C)=CC1N. The van der Waals surface area contributed by atoms with Gasteiger partial charge in [-0.1, -0.05) is 0 Å². The minimum atomic E-state index is -4.54. The fourth-order valence-electron chi connectivity index (χ4n) is 11.2. The Kier molecular flexibility index (Phi) is 11.1. The molecule has 0 fully saturated rings. The van der Waals surface area contributed by atoms with Crippen molar-refractivity contribution < 1.29 is 11.3 Å². The Labute approximate surface area is 277 Å². The maximum absolute atomic E-state index is 9.44. The van der Waals surface area contributed by atoms with Gasteiger partial charge in [0.25, 0.3) is 0 Å². The molecule has 0 aromatic carbocycles. The van der Waals surface area contributed by atoms with Gasteiger partial charge in [-0.05, 0) is 0 Å². The first-order valence-corrected chi connectivity index (χ1v) is 29.7. The Hall–Kier alpha value is 0.982. The number of unbranched alkanes of at least 4 members (excludes halogenated alkanes) is 1. The Bertz CT molecular complexity index is 1080. The third-order valence-electron chi connectivity index (χ3n) is 10.7. The van der Waals surface area contributed by atoms with E-state index in [0.29, 0.717) is 0 Å². The van der Waals surface area contributed by atoms with Crippen LogP contribution in [0.4, 0.5) is 0 Å². The first-order chi connectivity index (χ1) is 18.9. The molecule has 4 unspecified atom stereocenters. The van der Waals surface area contributed by atoms with Crippen LogP contribution in [0.15, 0.2) is 47.6 Å². The molecule has 0 saturated heterocycles. The second-order valence-electron chi connectivity index (χ2n) is 18.1. The maximum atomic E-state index is 9.44. The van der Waals surface area contributed by atoms with Gasteiger partial charge in [0.1, 0.15) is 0 Å². The molecule has 2 aliphatic rings. The summed E-state index contributed by atoms with van der Waals surface area (Å²) in [5, 5.41) is -1.44. The topological polar surface area (TPSA) is 52.0 Å². The van der Waals surface area contributed by atoms with E-state index in [0.717, 1.165) is 17.7 Å². The van der Waals surface area contributed by atoms with E-state index in [2.05, 4.69) is 154 Å². The van der Waals surface area contributed by atoms with Gasteiger partial charge in [-0.25, -0.2) is 0 Å². The summed E-state index contributed by atoms with van der Waals surface area (Å²) in [4.78, 5) is 0.883. The Balaban J connectivity index is 3.63. The summed E-state index contributed by atoms with van der Waals surface area (Å²) in [7, 11) is 18.9. The quantitative estimate of drug-likeness (QED) is 0.200. The van der Waals surface area contributed by atoms with E-state index >= 15 is 0 Å². The predicted molar refractivity (Wildman–Crippen MR) is 206 cm³/mol. The van der Waals surface area contributed by atoms with Crippen molar-refractivity contribution in [1.29, 1.82) is 0 Å². The summed E-state index contributed by atoms with van der Waals surface area (Å²) in [5.41, 5.74) is 11.2. The number of nitrogens with two attached hydrogens (primary N) is 2. The zero-order valence-electron chi connectivity index (χ0n) is 31.0. The van der Waals surface area contributed by atoms with E-state index in [1.54, 1.807) is 0 Å². The summed E-state index contributed by atoms with van der Waals surface area (Å²) in [6, 6.07) is -0.345. The average Bonchev–Trinajstić information content (AvgIpc) is 2.74. The molecule has 0 aromatic rings. The van der Waals surface area contributed by atoms with Gasteiger partial charge in [-0.15, -0.1) is 0 Å². The second-order valence-corrected chi connectivity index (χ2v) is 62.0. The third-order valence-corrected chi connectivity index (χ3v) is 83.4. The summed E-state index contributed by atoms with van der Waals surface area (Å²) in [5.74, 6) is 0. The zero-order chi connectivity index (χ0) is 34.1. The molecule has 2 rings (SSSR count). The van der Waals surface area contributed by atoms with Gasteiger partial charge in [0.05, 0.1) is 0 Å². The van der Waals surface area contributed by atoms with Gasteiger partial charge in [0, 0.05) is 0 Å². The predicted octanol–water partition coefficient (Wildman–Crippen LogP) is 11.9. The van der Waals surface area contributed by atoms with Crippen molar-refractivity contribution >= 4 is 30.0 Å². The van der Waals surface area contributed by atoms with Crippen molar-refractivity contribution in [3.63, 3.8) is 0 Å². The van der Waals surface area contributed by atoms with Crippen molar-refractivity contribution in [3.8, 4) is 0 Å². The van der Waals surface area contributed by atoms with Crippen LogP contribution >= 0.6 is 30.0 Å². The van der Waals surface area contributed by atoms with Gasteiger partial charge in [-0.2, -0.15) is 0 Å². The van der Waals surface area contributed by atoms with Crippen LogP contribution in [-0.4, -0.2) is 43.0 Å². The third kappa shape index (κ3) is 5.28. The van der Waals surface area contributed by atoms with E-state index in [1.165, 1.54) is 11.1 Å². The molecule has 0 radical (unpaired) electrons. The average molecular weight is 771 g/mol. The van der Waals surface area contributed by atoms with E-state index in [1.807, 2.05) is 0 Å². The fraction of sp³-hybridized carbons (Fsp3) is 0.778. The summed E-state index contributed by atoms with van der Waals surface area (Å²) in [6.07, 6.45) is 16.3. The number of hydrogen-bond acceptors (Lipinski definition) is 2. The molecule has 0 spiro atoms. The van der Waals surface area contributed by atoms with Crippen LogP contribution < -0.4 is 11.5 Å². The van der Waals surface area contributed by atoms with Crippen molar-refractivity contribution in [1.82, 2.24) is 0 Å². The Morgan fingerprint density at radius 3 is 1.16 bits per heavy atom. The summed E-state index contributed by atoms with van der Waals surface area (Å²) < 4.78 is 0. The Morgan fingerprint density at radius 2 is 0.953 bits per heavy atom. The molecule has 0 bridgehead atoms. The first kappa shape index (κ1) is 40.2. The fourth-order valence-corrected chi connectivity index (χ4v) is 143. The van der Waals surface area contributed by atoms with Gasteiger partial charge < -0.3 is 0 Å². The summed E-state index contributed by atoms with van der Waals surface area (Å²) in [6.45, 7) is 41.2. The molecule has 2 nitrogen and oxygen atoms in total. The van der Waals surface area contributed by atoms with Crippen molar-refractivity contribution in [3.05, 3.63) is 47.6 Å². The molecular formula is C36H71Cl2N2P2Pd-3. The van der Waals surface area contributed by atoms with Gasteiger partial charge in [0.15, 0.2) is 0 Å². The number of halogens is 2. The molecule has 4 atom stereocenters. The Morgan fingerprint density at radius 1 is 0.674 bits per heavy atom. The monoisotopic (exact) mass is 769 g/mol. The summed E-state index contributed by atoms with van der Waals surface area (Å²) >= 11 is -4.54. The van der Waals surface area contributed by atoms with E-state index in [9.17, 15) is 19.1 Å². The van der Waals surface area contributed by atoms with E-state index in [4.69, 9.17) is 11.5 Å². The molecule has 0 amide bonds. The van der Waals surface area contributed by atoms with Crippen molar-refractivity contribution in [2.45, 2.75) is 178 Å². The molecule has 0 aliphatic heterocycles. The van der Waals surface area contributed by atoms with Crippen LogP contribution in [-0.2, 0) is 11.3 Å². The molecule has 43 heavy (non-hydrogen) atoms. The normalized spacial score (nSPS) is 29.9. The molecule has 2 aliphatic carbocycles. The van der Waals surface area contributed by atoms with E-state index in [-0.39, 0.29) is 43.0 Å². The zero-order valence-corrected chi connectivity index (χ0v) is 36.0. The van der Waals surface area contributed by atoms with Gasteiger partial charge in [-0.3, -0.25) is 0 Å². The molecule has 0 heterocycles. The van der Waals surface area contributed by atoms with E-state index < -0.39 is 22.2 Å². The first-order valence-electron chi connectivity index (χ1n) is 16.3. The molecule has 0 saturated carbocycles. The standard InChI is InChI=1S/2C16H30NP.C4H9.2ClH.Pd/c2*1-12-9-10-16(8,13(17)11-12)18(14(2,3)4)15(5,6)7;1-3-4-2;;;/h2*9-11,13H,17H2,1-8H3;1,3-4H2,2H3;2*1H;/q;;;;;-3. The van der Waals surface area contributed by atoms with Crippen LogP contribution in [0, 0.1) is 0 Å². The molecular weight excluding hydrogens is 700 g/mol. The molecule has 4 N–H and O–H groups in total. The van der Waals surface area contributed by atoms with Crippen molar-refractivity contribution in [2.24, 2.45) is 11.5 Å². The van der Waals surface area contributed by atoms with Gasteiger partial charge in [0.2, 0.25) is 0 Å². The number of rotatable bonds is 7. The number of hydrogen-bond donors (Lipinski definition) is 2. The van der Waals surface area contributed by atoms with Crippen LogP contribution in [0.2, 0.25) is 4.89 Å². The minimum absolute atomic E-state index is 0.171. The molecule has 262 valence electrons. The van der Waals surface area contributed by atoms with Crippen LogP contribution in [0.3, 0.4) is 0 Å². The van der Waals surface area contributed by atoms with Crippen LogP contribution in [0.25, 0.3) is 0 Å². The van der Waals surface area contributed by atoms with Crippen LogP contribution in [0.5, 0.6) is 0 Å². The molecule has 7 heteroatoms. The van der Waals surface area contributed by atoms with Gasteiger partial charge >= 0.3 is 279 Å². The van der Waals surface area contributed by atoms with Crippen molar-refractivity contribution in [2.75, 3.05) is 0 Å².